The van der Waals surface area contributed by atoms with E-state index in [1.807, 2.05) is 0 Å². The Labute approximate surface area is 397 Å². The minimum Gasteiger partial charge on any atom is -0.872 e. The lowest BCUT2D eigenvalue weighted by atomic mass is 9.91. The number of carbonyl (C=O) groups is 1. The molecule has 0 atom stereocenters. The lowest BCUT2D eigenvalue weighted by molar-refractivity contribution is -0.870. The van der Waals surface area contributed by atoms with Crippen molar-refractivity contribution in [2.45, 2.75) is 194 Å². The molecule has 0 saturated heterocycles. The molecule has 7 heteroatoms. The van der Waals surface area contributed by atoms with Gasteiger partial charge in [0.25, 0.3) is 0 Å². The lowest BCUT2D eigenvalue weighted by Crippen LogP contribution is -2.35. The summed E-state index contributed by atoms with van der Waals surface area (Å²) in [5, 5.41) is 23.8. The SMILES string of the molecule is CCCCCCCCCCCCCCCC[N+](C)(C)C.CCCCCCCCCCCCCCCC[N+](C)(C)C.O=C([O-])c1ccccc1-c1c2ccc(=O)cc-2oc2cc([O-])ccc12. The molecular weight excluding hydrogens is 805 g/mol. The summed E-state index contributed by atoms with van der Waals surface area (Å²) >= 11 is 0. The van der Waals surface area contributed by atoms with E-state index in [9.17, 15) is 19.8 Å². The van der Waals surface area contributed by atoms with Gasteiger partial charge >= 0.3 is 0 Å². The molecule has 0 spiro atoms. The molecule has 0 unspecified atom stereocenters. The van der Waals surface area contributed by atoms with Crippen molar-refractivity contribution < 1.29 is 28.4 Å². The Morgan fingerprint density at radius 2 is 0.892 bits per heavy atom. The average Bonchev–Trinajstić information content (AvgIpc) is 3.25. The second-order valence-electron chi connectivity index (χ2n) is 20.8. The van der Waals surface area contributed by atoms with E-state index in [1.165, 1.54) is 223 Å². The lowest BCUT2D eigenvalue weighted by Gasteiger charge is -2.23. The average molecular weight is 899 g/mol. The molecule has 7 nitrogen and oxygen atoms in total. The van der Waals surface area contributed by atoms with Crippen molar-refractivity contribution in [2.24, 2.45) is 0 Å². The van der Waals surface area contributed by atoms with Crippen LogP contribution in [-0.2, 0) is 0 Å². The molecule has 2 aromatic rings. The zero-order chi connectivity index (χ0) is 47.8. The smallest absolute Gasteiger partial charge is 0.182 e. The Morgan fingerprint density at radius 3 is 1.29 bits per heavy atom. The maximum atomic E-state index is 11.7. The number of nitrogens with zero attached hydrogens (tertiary/aromatic N) is 2. The molecule has 0 N–H and O–H groups in total. The summed E-state index contributed by atoms with van der Waals surface area (Å²) in [5.74, 6) is -1.26. The first-order chi connectivity index (χ1) is 31.2. The van der Waals surface area contributed by atoms with Crippen LogP contribution in [-0.4, -0.2) is 70.3 Å². The van der Waals surface area contributed by atoms with E-state index < -0.39 is 5.97 Å². The fourth-order valence-corrected chi connectivity index (χ4v) is 8.58. The van der Waals surface area contributed by atoms with Crippen LogP contribution >= 0.6 is 0 Å². The van der Waals surface area contributed by atoms with Crippen molar-refractivity contribution in [2.75, 3.05) is 55.4 Å². The molecule has 0 aromatic heterocycles. The zero-order valence-electron chi connectivity index (χ0n) is 42.9. The van der Waals surface area contributed by atoms with Crippen LogP contribution in [0.3, 0.4) is 0 Å². The summed E-state index contributed by atoms with van der Waals surface area (Å²) in [5.41, 5.74) is 1.66. The molecule has 65 heavy (non-hydrogen) atoms. The Hall–Kier alpha value is -3.68. The number of carbonyl (C=O) groups excluding carboxylic acids is 1. The monoisotopic (exact) mass is 899 g/mol. The number of quaternary nitrogens is 2. The molecule has 0 radical (unpaired) electrons. The van der Waals surface area contributed by atoms with Crippen LogP contribution in [0.5, 0.6) is 5.75 Å². The first kappa shape index (κ1) is 57.4. The van der Waals surface area contributed by atoms with E-state index in [0.717, 1.165) is 8.97 Å². The third-order valence-electron chi connectivity index (χ3n) is 12.4. The van der Waals surface area contributed by atoms with Crippen LogP contribution in [0.1, 0.15) is 204 Å². The van der Waals surface area contributed by atoms with Gasteiger partial charge < -0.3 is 28.4 Å². The third kappa shape index (κ3) is 26.9. The van der Waals surface area contributed by atoms with Gasteiger partial charge in [-0.25, -0.2) is 0 Å². The number of carboxylic acids is 1. The summed E-state index contributed by atoms with van der Waals surface area (Å²) < 4.78 is 7.95. The second-order valence-corrected chi connectivity index (χ2v) is 20.8. The molecule has 2 aliphatic rings. The number of aromatic carboxylic acids is 1. The number of rotatable bonds is 32. The molecule has 2 aromatic carbocycles. The predicted molar refractivity (Wildman–Crippen MR) is 275 cm³/mol. The number of hydrogen-bond acceptors (Lipinski definition) is 5. The molecule has 1 aliphatic heterocycles. The molecule has 4 rings (SSSR count). The van der Waals surface area contributed by atoms with Gasteiger partial charge in [0.2, 0.25) is 0 Å². The van der Waals surface area contributed by atoms with Crippen molar-refractivity contribution in [3.63, 3.8) is 0 Å². The van der Waals surface area contributed by atoms with Crippen LogP contribution < -0.4 is 15.6 Å². The van der Waals surface area contributed by atoms with E-state index in [-0.39, 0.29) is 28.1 Å². The van der Waals surface area contributed by atoms with E-state index in [0.29, 0.717) is 22.1 Å². The van der Waals surface area contributed by atoms with Gasteiger partial charge in [-0.3, -0.25) is 4.79 Å². The predicted octanol–water partition coefficient (Wildman–Crippen LogP) is 14.3. The number of fused-ring (bicyclic) bond motifs is 2. The normalized spacial score (nSPS) is 11.6. The van der Waals surface area contributed by atoms with Gasteiger partial charge in [0, 0.05) is 28.1 Å². The standard InChI is InChI=1S/C20H12O5.2C19H42N/c21-11-5-7-15-17(9-11)25-18-10-12(22)6-8-16(18)19(15)13-3-1-2-4-14(13)20(23)24;2*1-5-6-7-8-9-10-11-12-13-14-15-16-17-18-19-20(2,3)4/h1-10,21H,(H,23,24);2*5-19H2,1-4H3/q;2*+1/p-2. The Balaban J connectivity index is 0.000000340. The van der Waals surface area contributed by atoms with Gasteiger partial charge in [0.15, 0.2) is 5.43 Å². The zero-order valence-corrected chi connectivity index (χ0v) is 42.9. The molecular formula is C58H94N2O5. The number of hydrogen-bond donors (Lipinski definition) is 0. The highest BCUT2D eigenvalue weighted by Gasteiger charge is 2.19. The van der Waals surface area contributed by atoms with E-state index in [4.69, 9.17) is 4.42 Å². The van der Waals surface area contributed by atoms with Gasteiger partial charge in [0.1, 0.15) is 11.3 Å². The van der Waals surface area contributed by atoms with Crippen LogP contribution in [0.4, 0.5) is 0 Å². The van der Waals surface area contributed by atoms with Crippen LogP contribution in [0.2, 0.25) is 0 Å². The van der Waals surface area contributed by atoms with Gasteiger partial charge in [-0.2, -0.15) is 0 Å². The van der Waals surface area contributed by atoms with Gasteiger partial charge in [-0.05, 0) is 49.4 Å². The van der Waals surface area contributed by atoms with Crippen LogP contribution in [0.25, 0.3) is 33.4 Å². The quantitative estimate of drug-likeness (QED) is 0.0276. The van der Waals surface area contributed by atoms with Crippen molar-refractivity contribution in [1.82, 2.24) is 0 Å². The minimum atomic E-state index is -1.31. The Bertz CT molecular complexity index is 1810. The number of carboxylic acid groups (broad SMARTS) is 1. The molecule has 366 valence electrons. The summed E-state index contributed by atoms with van der Waals surface area (Å²) in [4.78, 5) is 23.2. The van der Waals surface area contributed by atoms with Crippen molar-refractivity contribution in [3.8, 4) is 28.2 Å². The summed E-state index contributed by atoms with van der Waals surface area (Å²) in [7, 11) is 13.8. The second kappa shape index (κ2) is 33.7. The Morgan fingerprint density at radius 1 is 0.492 bits per heavy atom. The van der Waals surface area contributed by atoms with Gasteiger partial charge in [-0.1, -0.05) is 204 Å². The molecule has 1 heterocycles. The van der Waals surface area contributed by atoms with E-state index in [2.05, 4.69) is 56.1 Å². The van der Waals surface area contributed by atoms with E-state index >= 15 is 0 Å². The summed E-state index contributed by atoms with van der Waals surface area (Å²) in [6, 6.07) is 15.0. The molecule has 1 aliphatic carbocycles. The highest BCUT2D eigenvalue weighted by atomic mass is 16.4. The highest BCUT2D eigenvalue weighted by Crippen LogP contribution is 2.41. The van der Waals surface area contributed by atoms with E-state index in [1.54, 1.807) is 30.3 Å². The van der Waals surface area contributed by atoms with Gasteiger partial charge in [-0.15, -0.1) is 5.75 Å². The third-order valence-corrected chi connectivity index (χ3v) is 12.4. The molecule has 0 amide bonds. The summed E-state index contributed by atoms with van der Waals surface area (Å²) in [6.07, 6.45) is 40.7. The van der Waals surface area contributed by atoms with Crippen LogP contribution in [0, 0.1) is 0 Å². The molecule has 0 bridgehead atoms. The molecule has 0 fully saturated rings. The maximum Gasteiger partial charge on any atom is 0.182 e. The van der Waals surface area contributed by atoms with Crippen molar-refractivity contribution in [3.05, 3.63) is 76.5 Å². The maximum absolute atomic E-state index is 11.7. The Kier molecular flexibility index (Phi) is 29.8. The van der Waals surface area contributed by atoms with Crippen molar-refractivity contribution >= 4 is 16.9 Å². The first-order valence-corrected chi connectivity index (χ1v) is 26.3. The number of benzene rings is 3. The number of unbranched alkanes of at least 4 members (excludes halogenated alkanes) is 26. The topological polar surface area (TPSA) is 93.4 Å². The van der Waals surface area contributed by atoms with Gasteiger partial charge in [0.05, 0.1) is 61.3 Å². The first-order valence-electron chi connectivity index (χ1n) is 26.3. The fraction of sp³-hybridized carbons (Fsp3) is 0.655. The molecule has 0 saturated carbocycles. The largest absolute Gasteiger partial charge is 0.872 e. The highest BCUT2D eigenvalue weighted by molar-refractivity contribution is 6.07. The van der Waals surface area contributed by atoms with Crippen LogP contribution in [0.15, 0.2) is 69.9 Å². The summed E-state index contributed by atoms with van der Waals surface area (Å²) in [6.45, 7) is 7.25. The minimum absolute atomic E-state index is 0.0219. The fourth-order valence-electron chi connectivity index (χ4n) is 8.58. The van der Waals surface area contributed by atoms with Crippen molar-refractivity contribution in [1.29, 1.82) is 0 Å².